The van der Waals surface area contributed by atoms with E-state index in [-0.39, 0.29) is 17.8 Å². The van der Waals surface area contributed by atoms with E-state index in [1.54, 1.807) is 0 Å². The van der Waals surface area contributed by atoms with Crippen LogP contribution in [-0.2, 0) is 0 Å². The number of piperidine rings is 1. The standard InChI is InChI=1S/C9H19N7/c1-16-4-2-6(3-5-16)9(12)14-7(10)13-8(11)15-9/h6H,2-5,12H2,1H3,(H5,10,11,13,14,15). The topological polar surface area (TPSA) is 118 Å². The van der Waals surface area contributed by atoms with Gasteiger partial charge in [-0.15, -0.1) is 0 Å². The molecule has 7 heteroatoms. The molecule has 0 aromatic heterocycles. The second kappa shape index (κ2) is 3.91. The van der Waals surface area contributed by atoms with Gasteiger partial charge in [-0.3, -0.25) is 11.1 Å². The van der Waals surface area contributed by atoms with Crippen molar-refractivity contribution in [2.45, 2.75) is 18.6 Å². The Morgan fingerprint density at radius 2 is 1.75 bits per heavy atom. The Bertz CT molecular complexity index is 309. The Labute approximate surface area is 94.8 Å². The van der Waals surface area contributed by atoms with Gasteiger partial charge < -0.3 is 16.4 Å². The van der Waals surface area contributed by atoms with Crippen LogP contribution < -0.4 is 22.5 Å². The average molecular weight is 225 g/mol. The van der Waals surface area contributed by atoms with Crippen LogP contribution in [0.5, 0.6) is 0 Å². The lowest BCUT2D eigenvalue weighted by molar-refractivity contribution is 0.155. The normalized spacial score (nSPS) is 26.9. The maximum Gasteiger partial charge on any atom is 0.212 e. The number of nitrogens with zero attached hydrogens (tertiary/aromatic N) is 3. The molecule has 2 aliphatic rings. The molecule has 0 aliphatic carbocycles. The molecule has 7 nitrogen and oxygen atoms in total. The summed E-state index contributed by atoms with van der Waals surface area (Å²) in [5, 5.41) is 2.65. The summed E-state index contributed by atoms with van der Waals surface area (Å²) in [5.41, 5.74) is 17.4. The SMILES string of the molecule is CN1CCC(C2(N)N=C(N)NC(N)=N2)CC1. The molecule has 2 aliphatic heterocycles. The van der Waals surface area contributed by atoms with E-state index < -0.39 is 5.79 Å². The van der Waals surface area contributed by atoms with E-state index in [1.165, 1.54) is 0 Å². The van der Waals surface area contributed by atoms with Crippen molar-refractivity contribution < 1.29 is 0 Å². The summed E-state index contributed by atoms with van der Waals surface area (Å²) in [6, 6.07) is 0. The minimum absolute atomic E-state index is 0.197. The lowest BCUT2D eigenvalue weighted by atomic mass is 9.90. The van der Waals surface area contributed by atoms with Crippen LogP contribution in [0.3, 0.4) is 0 Å². The number of guanidine groups is 2. The number of nitrogens with one attached hydrogen (secondary N) is 1. The van der Waals surface area contributed by atoms with Crippen LogP contribution in [0, 0.1) is 5.92 Å². The quantitative estimate of drug-likeness (QED) is 0.419. The predicted molar refractivity (Wildman–Crippen MR) is 63.5 cm³/mol. The van der Waals surface area contributed by atoms with Gasteiger partial charge in [0, 0.05) is 5.92 Å². The van der Waals surface area contributed by atoms with Gasteiger partial charge in [-0.2, -0.15) is 0 Å². The van der Waals surface area contributed by atoms with E-state index in [9.17, 15) is 0 Å². The fraction of sp³-hybridized carbons (Fsp3) is 0.778. The Morgan fingerprint density at radius 3 is 2.25 bits per heavy atom. The Balaban J connectivity index is 2.15. The van der Waals surface area contributed by atoms with Gasteiger partial charge in [0.2, 0.25) is 5.79 Å². The molecule has 0 aromatic carbocycles. The third-order valence-electron chi connectivity index (χ3n) is 3.17. The fourth-order valence-electron chi connectivity index (χ4n) is 2.21. The van der Waals surface area contributed by atoms with Crippen molar-refractivity contribution in [3.63, 3.8) is 0 Å². The first-order valence-corrected chi connectivity index (χ1v) is 5.45. The molecule has 1 fully saturated rings. The molecule has 2 rings (SSSR count). The van der Waals surface area contributed by atoms with E-state index >= 15 is 0 Å². The largest absolute Gasteiger partial charge is 0.370 e. The summed E-state index contributed by atoms with van der Waals surface area (Å²) in [4.78, 5) is 10.6. The maximum absolute atomic E-state index is 6.17. The van der Waals surface area contributed by atoms with Gasteiger partial charge in [-0.05, 0) is 33.0 Å². The molecule has 0 amide bonds. The zero-order valence-electron chi connectivity index (χ0n) is 9.48. The second-order valence-electron chi connectivity index (χ2n) is 4.48. The van der Waals surface area contributed by atoms with Gasteiger partial charge >= 0.3 is 0 Å². The third-order valence-corrected chi connectivity index (χ3v) is 3.17. The Morgan fingerprint density at radius 1 is 1.25 bits per heavy atom. The third kappa shape index (κ3) is 2.10. The molecule has 16 heavy (non-hydrogen) atoms. The number of hydrogen-bond donors (Lipinski definition) is 4. The van der Waals surface area contributed by atoms with Crippen LogP contribution in [0.4, 0.5) is 0 Å². The van der Waals surface area contributed by atoms with E-state index in [4.69, 9.17) is 17.2 Å². The highest BCUT2D eigenvalue weighted by Crippen LogP contribution is 2.29. The molecule has 7 N–H and O–H groups in total. The smallest absolute Gasteiger partial charge is 0.212 e. The van der Waals surface area contributed by atoms with Crippen LogP contribution >= 0.6 is 0 Å². The molecular weight excluding hydrogens is 206 g/mol. The van der Waals surface area contributed by atoms with E-state index in [0.717, 1.165) is 25.9 Å². The molecule has 1 saturated heterocycles. The number of rotatable bonds is 1. The molecule has 0 atom stereocenters. The van der Waals surface area contributed by atoms with Crippen molar-refractivity contribution in [2.24, 2.45) is 33.1 Å². The summed E-state index contributed by atoms with van der Waals surface area (Å²) < 4.78 is 0. The minimum atomic E-state index is -0.985. The Kier molecular flexibility index (Phi) is 2.73. The summed E-state index contributed by atoms with van der Waals surface area (Å²) in [6.07, 6.45) is 1.92. The fourth-order valence-corrected chi connectivity index (χ4v) is 2.21. The van der Waals surface area contributed by atoms with Crippen molar-refractivity contribution in [3.05, 3.63) is 0 Å². The van der Waals surface area contributed by atoms with Gasteiger partial charge in [-0.1, -0.05) is 0 Å². The number of aliphatic imine (C=N–C) groups is 2. The summed E-state index contributed by atoms with van der Waals surface area (Å²) >= 11 is 0. The summed E-state index contributed by atoms with van der Waals surface area (Å²) in [7, 11) is 2.09. The average Bonchev–Trinajstić information content (AvgIpc) is 2.16. The lowest BCUT2D eigenvalue weighted by Crippen LogP contribution is -2.57. The van der Waals surface area contributed by atoms with E-state index in [0.29, 0.717) is 0 Å². The molecule has 0 saturated carbocycles. The van der Waals surface area contributed by atoms with Gasteiger partial charge in [0.1, 0.15) is 0 Å². The zero-order chi connectivity index (χ0) is 11.8. The molecule has 0 unspecified atom stereocenters. The first-order valence-electron chi connectivity index (χ1n) is 5.45. The monoisotopic (exact) mass is 225 g/mol. The molecule has 0 aromatic rings. The number of hydrogen-bond acceptors (Lipinski definition) is 7. The highest BCUT2D eigenvalue weighted by molar-refractivity contribution is 5.98. The molecular formula is C9H19N7. The highest BCUT2D eigenvalue weighted by atomic mass is 15.4. The number of nitrogens with two attached hydrogens (primary N) is 3. The van der Waals surface area contributed by atoms with Crippen molar-refractivity contribution >= 4 is 11.9 Å². The summed E-state index contributed by atoms with van der Waals surface area (Å²) in [5.74, 6) is -0.300. The highest BCUT2D eigenvalue weighted by Gasteiger charge is 2.38. The van der Waals surface area contributed by atoms with Crippen LogP contribution in [-0.4, -0.2) is 42.7 Å². The van der Waals surface area contributed by atoms with Gasteiger partial charge in [-0.25, -0.2) is 9.98 Å². The molecule has 2 heterocycles. The maximum atomic E-state index is 6.17. The van der Waals surface area contributed by atoms with Crippen LogP contribution in [0.25, 0.3) is 0 Å². The number of likely N-dealkylation sites (tertiary alicyclic amines) is 1. The second-order valence-corrected chi connectivity index (χ2v) is 4.48. The van der Waals surface area contributed by atoms with Crippen LogP contribution in [0.1, 0.15) is 12.8 Å². The molecule has 90 valence electrons. The molecule has 0 radical (unpaired) electrons. The lowest BCUT2D eigenvalue weighted by Gasteiger charge is -2.38. The molecule has 0 spiro atoms. The first-order chi connectivity index (χ1) is 7.49. The van der Waals surface area contributed by atoms with E-state index in [1.807, 2.05) is 0 Å². The molecule has 0 bridgehead atoms. The van der Waals surface area contributed by atoms with Crippen molar-refractivity contribution in [1.82, 2.24) is 10.2 Å². The van der Waals surface area contributed by atoms with Gasteiger partial charge in [0.05, 0.1) is 0 Å². The predicted octanol–water partition coefficient (Wildman–Crippen LogP) is -1.83. The Hall–Kier alpha value is -1.34. The minimum Gasteiger partial charge on any atom is -0.370 e. The summed E-state index contributed by atoms with van der Waals surface area (Å²) in [6.45, 7) is 2.00. The van der Waals surface area contributed by atoms with Crippen molar-refractivity contribution in [2.75, 3.05) is 20.1 Å². The van der Waals surface area contributed by atoms with Crippen LogP contribution in [0.2, 0.25) is 0 Å². The van der Waals surface area contributed by atoms with E-state index in [2.05, 4.69) is 27.2 Å². The zero-order valence-corrected chi connectivity index (χ0v) is 9.48. The van der Waals surface area contributed by atoms with Crippen molar-refractivity contribution in [3.8, 4) is 0 Å². The van der Waals surface area contributed by atoms with Crippen LogP contribution in [0.15, 0.2) is 9.98 Å². The first kappa shape index (κ1) is 11.2. The van der Waals surface area contributed by atoms with Gasteiger partial charge in [0.25, 0.3) is 0 Å². The van der Waals surface area contributed by atoms with Gasteiger partial charge in [0.15, 0.2) is 11.9 Å². The van der Waals surface area contributed by atoms with Crippen molar-refractivity contribution in [1.29, 1.82) is 0 Å².